The zero-order valence-electron chi connectivity index (χ0n) is 15.3. The van der Waals surface area contributed by atoms with E-state index < -0.39 is 0 Å². The van der Waals surface area contributed by atoms with Crippen LogP contribution in [0.15, 0.2) is 60.7 Å². The summed E-state index contributed by atoms with van der Waals surface area (Å²) >= 11 is 0. The highest BCUT2D eigenvalue weighted by atomic mass is 16.5. The Hall–Kier alpha value is -2.86. The average molecular weight is 367 g/mol. The van der Waals surface area contributed by atoms with Crippen LogP contribution < -0.4 is 10.1 Å². The Kier molecular flexibility index (Phi) is 6.82. The van der Waals surface area contributed by atoms with Gasteiger partial charge in [-0.25, -0.2) is 0 Å². The smallest absolute Gasteiger partial charge is 0.238 e. The van der Waals surface area contributed by atoms with E-state index in [1.807, 2.05) is 65.6 Å². The molecule has 1 fully saturated rings. The number of amides is 2. The fourth-order valence-electron chi connectivity index (χ4n) is 3.01. The van der Waals surface area contributed by atoms with Crippen LogP contribution in [-0.4, -0.2) is 60.9 Å². The molecule has 0 radical (unpaired) electrons. The van der Waals surface area contributed by atoms with Crippen LogP contribution in [0.2, 0.25) is 0 Å². The first-order chi connectivity index (χ1) is 13.2. The van der Waals surface area contributed by atoms with Crippen molar-refractivity contribution in [2.45, 2.75) is 6.42 Å². The molecule has 0 spiro atoms. The van der Waals surface area contributed by atoms with E-state index >= 15 is 0 Å². The van der Waals surface area contributed by atoms with Gasteiger partial charge in [-0.1, -0.05) is 36.4 Å². The molecule has 142 valence electrons. The molecule has 2 amide bonds. The molecule has 1 aliphatic heterocycles. The first-order valence-corrected chi connectivity index (χ1v) is 9.23. The number of para-hydroxylation sites is 2. The summed E-state index contributed by atoms with van der Waals surface area (Å²) in [4.78, 5) is 28.3. The summed E-state index contributed by atoms with van der Waals surface area (Å²) in [5.74, 6) is 0.844. The van der Waals surface area contributed by atoms with Gasteiger partial charge in [-0.15, -0.1) is 0 Å². The molecule has 0 saturated carbocycles. The summed E-state index contributed by atoms with van der Waals surface area (Å²) in [5, 5.41) is 2.89. The van der Waals surface area contributed by atoms with Crippen molar-refractivity contribution in [3.05, 3.63) is 60.7 Å². The molecule has 2 aromatic rings. The van der Waals surface area contributed by atoms with Crippen LogP contribution in [0.3, 0.4) is 0 Å². The van der Waals surface area contributed by atoms with E-state index in [1.165, 1.54) is 0 Å². The van der Waals surface area contributed by atoms with Crippen LogP contribution in [0.1, 0.15) is 6.42 Å². The summed E-state index contributed by atoms with van der Waals surface area (Å²) < 4.78 is 5.59. The number of hydrogen-bond donors (Lipinski definition) is 1. The van der Waals surface area contributed by atoms with Crippen molar-refractivity contribution in [3.63, 3.8) is 0 Å². The van der Waals surface area contributed by atoms with Gasteiger partial charge in [0.15, 0.2) is 0 Å². The Labute approximate surface area is 159 Å². The van der Waals surface area contributed by atoms with Crippen molar-refractivity contribution in [2.75, 3.05) is 44.6 Å². The lowest BCUT2D eigenvalue weighted by molar-refractivity contribution is -0.133. The maximum Gasteiger partial charge on any atom is 0.238 e. The Morgan fingerprint density at radius 3 is 2.19 bits per heavy atom. The second kappa shape index (κ2) is 9.73. The van der Waals surface area contributed by atoms with E-state index in [9.17, 15) is 9.59 Å². The minimum atomic E-state index is -0.0303. The lowest BCUT2D eigenvalue weighted by Gasteiger charge is -2.34. The van der Waals surface area contributed by atoms with Crippen LogP contribution in [0.4, 0.5) is 5.69 Å². The fourth-order valence-corrected chi connectivity index (χ4v) is 3.01. The molecule has 0 bridgehead atoms. The van der Waals surface area contributed by atoms with E-state index in [1.54, 1.807) is 0 Å². The van der Waals surface area contributed by atoms with Crippen molar-refractivity contribution in [1.82, 2.24) is 9.80 Å². The average Bonchev–Trinajstić information content (AvgIpc) is 2.70. The summed E-state index contributed by atoms with van der Waals surface area (Å²) in [6.07, 6.45) is 0.364. The molecule has 0 aliphatic carbocycles. The molecule has 3 rings (SSSR count). The molecular formula is C21H25N3O3. The SMILES string of the molecule is O=C(CN1CCN(C(=O)CCOc2ccccc2)CC1)Nc1ccccc1. The second-order valence-corrected chi connectivity index (χ2v) is 6.48. The number of rotatable bonds is 7. The van der Waals surface area contributed by atoms with Gasteiger partial charge in [-0.2, -0.15) is 0 Å². The molecule has 1 heterocycles. The van der Waals surface area contributed by atoms with Crippen molar-refractivity contribution < 1.29 is 14.3 Å². The molecule has 1 saturated heterocycles. The topological polar surface area (TPSA) is 61.9 Å². The normalized spacial score (nSPS) is 14.6. The Morgan fingerprint density at radius 2 is 1.52 bits per heavy atom. The van der Waals surface area contributed by atoms with Gasteiger partial charge in [-0.3, -0.25) is 14.5 Å². The van der Waals surface area contributed by atoms with Crippen molar-refractivity contribution in [3.8, 4) is 5.75 Å². The van der Waals surface area contributed by atoms with Crippen LogP contribution in [0.5, 0.6) is 5.75 Å². The van der Waals surface area contributed by atoms with Gasteiger partial charge < -0.3 is 15.0 Å². The predicted molar refractivity (Wildman–Crippen MR) is 105 cm³/mol. The molecule has 1 N–H and O–H groups in total. The van der Waals surface area contributed by atoms with Gasteiger partial charge in [0.1, 0.15) is 5.75 Å². The van der Waals surface area contributed by atoms with E-state index in [-0.39, 0.29) is 11.8 Å². The summed E-state index contributed by atoms with van der Waals surface area (Å²) in [6.45, 7) is 3.41. The van der Waals surface area contributed by atoms with Crippen molar-refractivity contribution in [1.29, 1.82) is 0 Å². The summed E-state index contributed by atoms with van der Waals surface area (Å²) in [6, 6.07) is 18.9. The number of carbonyl (C=O) groups is 2. The van der Waals surface area contributed by atoms with Gasteiger partial charge in [0.25, 0.3) is 0 Å². The lowest BCUT2D eigenvalue weighted by Crippen LogP contribution is -2.50. The number of benzene rings is 2. The standard InChI is InChI=1S/C21H25N3O3/c25-20(22-18-7-3-1-4-8-18)17-23-12-14-24(15-13-23)21(26)11-16-27-19-9-5-2-6-10-19/h1-10H,11-17H2,(H,22,25). The third-order valence-electron chi connectivity index (χ3n) is 4.48. The van der Waals surface area contributed by atoms with Gasteiger partial charge in [-0.05, 0) is 24.3 Å². The molecule has 0 atom stereocenters. The summed E-state index contributed by atoms with van der Waals surface area (Å²) in [5.41, 5.74) is 0.801. The number of ether oxygens (including phenoxy) is 1. The molecule has 0 aromatic heterocycles. The van der Waals surface area contributed by atoms with Gasteiger partial charge >= 0.3 is 0 Å². The molecular weight excluding hydrogens is 342 g/mol. The van der Waals surface area contributed by atoms with E-state index in [4.69, 9.17) is 4.74 Å². The van der Waals surface area contributed by atoms with Crippen LogP contribution in [0, 0.1) is 0 Å². The molecule has 1 aliphatic rings. The number of nitrogens with zero attached hydrogens (tertiary/aromatic N) is 2. The van der Waals surface area contributed by atoms with Crippen LogP contribution in [-0.2, 0) is 9.59 Å². The van der Waals surface area contributed by atoms with E-state index in [0.29, 0.717) is 45.8 Å². The minimum absolute atomic E-state index is 0.0303. The van der Waals surface area contributed by atoms with Crippen LogP contribution in [0.25, 0.3) is 0 Å². The molecule has 0 unspecified atom stereocenters. The first kappa shape index (κ1) is 18.9. The van der Waals surface area contributed by atoms with E-state index in [2.05, 4.69) is 10.2 Å². The quantitative estimate of drug-likeness (QED) is 0.815. The van der Waals surface area contributed by atoms with Gasteiger partial charge in [0.2, 0.25) is 11.8 Å². The Morgan fingerprint density at radius 1 is 0.889 bits per heavy atom. The number of nitrogens with one attached hydrogen (secondary N) is 1. The minimum Gasteiger partial charge on any atom is -0.493 e. The largest absolute Gasteiger partial charge is 0.493 e. The maximum atomic E-state index is 12.3. The highest BCUT2D eigenvalue weighted by molar-refractivity contribution is 5.92. The highest BCUT2D eigenvalue weighted by Gasteiger charge is 2.22. The molecule has 27 heavy (non-hydrogen) atoms. The zero-order valence-corrected chi connectivity index (χ0v) is 15.3. The Balaban J connectivity index is 1.34. The third kappa shape index (κ3) is 6.11. The van der Waals surface area contributed by atoms with Crippen LogP contribution >= 0.6 is 0 Å². The molecule has 6 nitrogen and oxygen atoms in total. The van der Waals surface area contributed by atoms with E-state index in [0.717, 1.165) is 11.4 Å². The second-order valence-electron chi connectivity index (χ2n) is 6.48. The Bertz CT molecular complexity index is 729. The lowest BCUT2D eigenvalue weighted by atomic mass is 10.2. The molecule has 2 aromatic carbocycles. The number of piperazine rings is 1. The zero-order chi connectivity index (χ0) is 18.9. The predicted octanol–water partition coefficient (Wildman–Crippen LogP) is 2.24. The van der Waals surface area contributed by atoms with Crippen molar-refractivity contribution in [2.24, 2.45) is 0 Å². The number of carbonyl (C=O) groups excluding carboxylic acids is 2. The number of hydrogen-bond acceptors (Lipinski definition) is 4. The third-order valence-corrected chi connectivity index (χ3v) is 4.48. The van der Waals surface area contributed by atoms with Crippen molar-refractivity contribution >= 4 is 17.5 Å². The number of anilines is 1. The summed E-state index contributed by atoms with van der Waals surface area (Å²) in [7, 11) is 0. The maximum absolute atomic E-state index is 12.3. The van der Waals surface area contributed by atoms with Gasteiger partial charge in [0.05, 0.1) is 19.6 Å². The fraction of sp³-hybridized carbons (Fsp3) is 0.333. The highest BCUT2D eigenvalue weighted by Crippen LogP contribution is 2.10. The van der Waals surface area contributed by atoms with Gasteiger partial charge in [0, 0.05) is 31.9 Å². The molecule has 6 heteroatoms. The monoisotopic (exact) mass is 367 g/mol. The first-order valence-electron chi connectivity index (χ1n) is 9.23.